The van der Waals surface area contributed by atoms with E-state index >= 15 is 0 Å². The van der Waals surface area contributed by atoms with Crippen molar-refractivity contribution in [3.8, 4) is 5.75 Å². The average molecular weight is 247 g/mol. The largest absolute Gasteiger partial charge is 0.493 e. The van der Waals surface area contributed by atoms with Crippen molar-refractivity contribution in [1.29, 1.82) is 0 Å². The Morgan fingerprint density at radius 3 is 2.61 bits per heavy atom. The lowest BCUT2D eigenvalue weighted by Gasteiger charge is -2.22. The summed E-state index contributed by atoms with van der Waals surface area (Å²) in [5, 5.41) is 0. The van der Waals surface area contributed by atoms with Crippen LogP contribution < -0.4 is 10.5 Å². The Bertz CT molecular complexity index is 394. The van der Waals surface area contributed by atoms with E-state index in [0.717, 1.165) is 29.5 Å². The van der Waals surface area contributed by atoms with Crippen LogP contribution in [0.3, 0.4) is 0 Å². The van der Waals surface area contributed by atoms with E-state index in [4.69, 9.17) is 10.5 Å². The number of nitrogen functional groups attached to an aromatic ring is 1. The van der Waals surface area contributed by atoms with Gasteiger partial charge in [-0.25, -0.2) is 0 Å². The first-order valence-corrected chi connectivity index (χ1v) is 7.17. The van der Waals surface area contributed by atoms with Crippen LogP contribution in [0.2, 0.25) is 0 Å². The molecular formula is C16H25NO. The highest BCUT2D eigenvalue weighted by atomic mass is 16.5. The number of nitrogens with two attached hydrogens (primary N) is 1. The molecule has 1 aromatic rings. The van der Waals surface area contributed by atoms with E-state index in [9.17, 15) is 0 Å². The van der Waals surface area contributed by atoms with Gasteiger partial charge in [-0.3, -0.25) is 0 Å². The monoisotopic (exact) mass is 247 g/mol. The third kappa shape index (κ3) is 3.18. The van der Waals surface area contributed by atoms with Crippen LogP contribution >= 0.6 is 0 Å². The van der Waals surface area contributed by atoms with Gasteiger partial charge >= 0.3 is 0 Å². The van der Waals surface area contributed by atoms with E-state index < -0.39 is 0 Å². The molecule has 0 saturated heterocycles. The maximum absolute atomic E-state index is 5.97. The molecule has 0 aromatic heterocycles. The number of hydrogen-bond donors (Lipinski definition) is 1. The summed E-state index contributed by atoms with van der Waals surface area (Å²) >= 11 is 0. The first-order chi connectivity index (χ1) is 8.68. The zero-order chi connectivity index (χ0) is 13.0. The molecule has 1 aliphatic rings. The Balaban J connectivity index is 1.88. The van der Waals surface area contributed by atoms with E-state index in [2.05, 4.69) is 6.92 Å². The summed E-state index contributed by atoms with van der Waals surface area (Å²) in [6.45, 7) is 4.95. The maximum atomic E-state index is 5.97. The fourth-order valence-corrected chi connectivity index (χ4v) is 2.87. The minimum absolute atomic E-state index is 0.827. The molecule has 1 fully saturated rings. The summed E-state index contributed by atoms with van der Waals surface area (Å²) in [5.74, 6) is 1.87. The molecule has 0 amide bonds. The van der Waals surface area contributed by atoms with Crippen LogP contribution in [0.4, 0.5) is 5.69 Å². The number of aryl methyl sites for hydroxylation is 1. The van der Waals surface area contributed by atoms with Crippen molar-refractivity contribution in [3.63, 3.8) is 0 Å². The van der Waals surface area contributed by atoms with E-state index in [1.54, 1.807) is 0 Å². The number of hydrogen-bond acceptors (Lipinski definition) is 2. The number of ether oxygens (including phenoxy) is 1. The predicted octanol–water partition coefficient (Wildman–Crippen LogP) is 4.23. The molecule has 1 aliphatic carbocycles. The maximum Gasteiger partial charge on any atom is 0.127 e. The first-order valence-electron chi connectivity index (χ1n) is 7.17. The molecule has 2 rings (SSSR count). The molecule has 0 aliphatic heterocycles. The lowest BCUT2D eigenvalue weighted by molar-refractivity contribution is 0.244. The highest BCUT2D eigenvalue weighted by Crippen LogP contribution is 2.29. The zero-order valence-corrected chi connectivity index (χ0v) is 11.7. The van der Waals surface area contributed by atoms with Gasteiger partial charge in [-0.1, -0.05) is 38.2 Å². The Hall–Kier alpha value is -1.18. The summed E-state index contributed by atoms with van der Waals surface area (Å²) in [6, 6.07) is 4.00. The SMILES string of the molecule is Cc1ccc(N)c(C)c1OCCC1CCCCC1. The van der Waals surface area contributed by atoms with Gasteiger partial charge in [0.1, 0.15) is 5.75 Å². The molecule has 100 valence electrons. The van der Waals surface area contributed by atoms with Crippen molar-refractivity contribution in [2.45, 2.75) is 52.4 Å². The smallest absolute Gasteiger partial charge is 0.127 e. The molecule has 0 bridgehead atoms. The Kier molecular flexibility index (Phi) is 4.51. The number of anilines is 1. The van der Waals surface area contributed by atoms with Crippen LogP contribution in [-0.4, -0.2) is 6.61 Å². The summed E-state index contributed by atoms with van der Waals surface area (Å²) in [4.78, 5) is 0. The molecule has 0 atom stereocenters. The topological polar surface area (TPSA) is 35.2 Å². The van der Waals surface area contributed by atoms with E-state index in [1.807, 2.05) is 19.1 Å². The van der Waals surface area contributed by atoms with Crippen LogP contribution in [0.15, 0.2) is 12.1 Å². The molecule has 18 heavy (non-hydrogen) atoms. The molecule has 0 spiro atoms. The van der Waals surface area contributed by atoms with E-state index in [0.29, 0.717) is 0 Å². The fraction of sp³-hybridized carbons (Fsp3) is 0.625. The molecule has 0 radical (unpaired) electrons. The fourth-order valence-electron chi connectivity index (χ4n) is 2.87. The predicted molar refractivity (Wildman–Crippen MR) is 77.0 cm³/mol. The quantitative estimate of drug-likeness (QED) is 0.808. The van der Waals surface area contributed by atoms with Crippen molar-refractivity contribution >= 4 is 5.69 Å². The third-order valence-electron chi connectivity index (χ3n) is 4.14. The van der Waals surface area contributed by atoms with Gasteiger partial charge in [0.05, 0.1) is 6.61 Å². The highest BCUT2D eigenvalue weighted by molar-refractivity contribution is 5.56. The lowest BCUT2D eigenvalue weighted by atomic mass is 9.87. The van der Waals surface area contributed by atoms with Gasteiger partial charge in [0.2, 0.25) is 0 Å². The van der Waals surface area contributed by atoms with Crippen molar-refractivity contribution < 1.29 is 4.74 Å². The van der Waals surface area contributed by atoms with Crippen molar-refractivity contribution in [2.24, 2.45) is 5.92 Å². The van der Waals surface area contributed by atoms with Gasteiger partial charge in [-0.15, -0.1) is 0 Å². The van der Waals surface area contributed by atoms with E-state index in [-0.39, 0.29) is 0 Å². The molecule has 0 heterocycles. The summed E-state index contributed by atoms with van der Waals surface area (Å²) in [7, 11) is 0. The standard InChI is InChI=1S/C16H25NO/c1-12-8-9-15(17)13(2)16(12)18-11-10-14-6-4-3-5-7-14/h8-9,14H,3-7,10-11,17H2,1-2H3. The Labute approximate surface area is 111 Å². The van der Waals surface area contributed by atoms with E-state index in [1.165, 1.54) is 44.1 Å². The van der Waals surface area contributed by atoms with Gasteiger partial charge < -0.3 is 10.5 Å². The van der Waals surface area contributed by atoms with Crippen LogP contribution in [0.25, 0.3) is 0 Å². The van der Waals surface area contributed by atoms with Gasteiger partial charge in [-0.2, -0.15) is 0 Å². The van der Waals surface area contributed by atoms with Crippen molar-refractivity contribution in [2.75, 3.05) is 12.3 Å². The average Bonchev–Trinajstić information content (AvgIpc) is 2.39. The van der Waals surface area contributed by atoms with Crippen molar-refractivity contribution in [3.05, 3.63) is 23.3 Å². The Morgan fingerprint density at radius 1 is 1.17 bits per heavy atom. The second kappa shape index (κ2) is 6.12. The summed E-state index contributed by atoms with van der Waals surface area (Å²) in [5.41, 5.74) is 9.02. The molecule has 2 N–H and O–H groups in total. The Morgan fingerprint density at radius 2 is 1.89 bits per heavy atom. The van der Waals surface area contributed by atoms with Gasteiger partial charge in [0.15, 0.2) is 0 Å². The summed E-state index contributed by atoms with van der Waals surface area (Å²) < 4.78 is 5.97. The molecule has 2 nitrogen and oxygen atoms in total. The molecule has 1 saturated carbocycles. The lowest BCUT2D eigenvalue weighted by Crippen LogP contribution is -2.11. The molecule has 2 heteroatoms. The number of benzene rings is 1. The zero-order valence-electron chi connectivity index (χ0n) is 11.7. The van der Waals surface area contributed by atoms with Crippen LogP contribution in [0, 0.1) is 19.8 Å². The van der Waals surface area contributed by atoms with Gasteiger partial charge in [0, 0.05) is 11.3 Å². The second-order valence-corrected chi connectivity index (χ2v) is 5.57. The van der Waals surface area contributed by atoms with Gasteiger partial charge in [-0.05, 0) is 37.8 Å². The highest BCUT2D eigenvalue weighted by Gasteiger charge is 2.14. The van der Waals surface area contributed by atoms with Crippen LogP contribution in [0.1, 0.15) is 49.7 Å². The molecule has 0 unspecified atom stereocenters. The second-order valence-electron chi connectivity index (χ2n) is 5.57. The third-order valence-corrected chi connectivity index (χ3v) is 4.14. The molecule has 1 aromatic carbocycles. The number of rotatable bonds is 4. The van der Waals surface area contributed by atoms with Gasteiger partial charge in [0.25, 0.3) is 0 Å². The normalized spacial score (nSPS) is 16.8. The first kappa shape index (κ1) is 13.3. The van der Waals surface area contributed by atoms with Crippen LogP contribution in [-0.2, 0) is 0 Å². The minimum atomic E-state index is 0.827. The minimum Gasteiger partial charge on any atom is -0.493 e. The van der Waals surface area contributed by atoms with Crippen molar-refractivity contribution in [1.82, 2.24) is 0 Å². The summed E-state index contributed by atoms with van der Waals surface area (Å²) in [6.07, 6.45) is 8.19. The van der Waals surface area contributed by atoms with Crippen LogP contribution in [0.5, 0.6) is 5.75 Å². The molecular weight excluding hydrogens is 222 g/mol.